The maximum absolute atomic E-state index is 12.0. The topological polar surface area (TPSA) is 34.1 Å². The lowest BCUT2D eigenvalue weighted by atomic mass is 9.47. The molecule has 0 aromatic carbocycles. The van der Waals surface area contributed by atoms with Gasteiger partial charge >= 0.3 is 0 Å². The molecule has 4 aliphatic carbocycles. The summed E-state index contributed by atoms with van der Waals surface area (Å²) in [5, 5.41) is 0. The van der Waals surface area contributed by atoms with Crippen LogP contribution in [0.1, 0.15) is 65.2 Å². The van der Waals surface area contributed by atoms with Crippen LogP contribution < -0.4 is 0 Å². The molecule has 2 nitrogen and oxygen atoms in total. The Labute approximate surface area is 127 Å². The molecule has 0 unspecified atom stereocenters. The summed E-state index contributed by atoms with van der Waals surface area (Å²) in [5.74, 6) is 1.88. The van der Waals surface area contributed by atoms with E-state index in [2.05, 4.69) is 13.8 Å². The van der Waals surface area contributed by atoms with Gasteiger partial charge in [0.2, 0.25) is 11.6 Å². The molecule has 0 N–H and O–H groups in total. The van der Waals surface area contributed by atoms with Crippen LogP contribution in [-0.2, 0) is 9.59 Å². The zero-order chi connectivity index (χ0) is 14.8. The molecular formula is C19H26O2. The largest absolute Gasteiger partial charge is 0.290 e. The highest BCUT2D eigenvalue weighted by molar-refractivity contribution is 6.42. The highest BCUT2D eigenvalue weighted by Crippen LogP contribution is 2.64. The maximum atomic E-state index is 12.0. The molecular weight excluding hydrogens is 260 g/mol. The van der Waals surface area contributed by atoms with Gasteiger partial charge in [0, 0.05) is 6.42 Å². The summed E-state index contributed by atoms with van der Waals surface area (Å²) >= 11 is 0. The molecule has 0 amide bonds. The Morgan fingerprint density at radius 3 is 2.67 bits per heavy atom. The average molecular weight is 286 g/mol. The fraction of sp³-hybridized carbons (Fsp3) is 0.789. The van der Waals surface area contributed by atoms with Gasteiger partial charge in [-0.3, -0.25) is 9.59 Å². The molecule has 3 saturated carbocycles. The van der Waals surface area contributed by atoms with E-state index in [-0.39, 0.29) is 17.0 Å². The van der Waals surface area contributed by atoms with E-state index in [1.165, 1.54) is 44.1 Å². The lowest BCUT2D eigenvalue weighted by Crippen LogP contribution is -2.50. The van der Waals surface area contributed by atoms with Crippen LogP contribution in [0, 0.1) is 28.6 Å². The van der Waals surface area contributed by atoms with Gasteiger partial charge in [-0.05, 0) is 73.2 Å². The standard InChI is InChI=1S/C19H26O2/c1-18-8-3-4-14(18)13-6-5-12-10-16(20)17(21)11-19(12,2)15(13)7-9-18/h10,13-15H,3-9,11H2,1-2H3/t13-,14-,15-,18-,19-/m0/s1. The number of hydrogen-bond donors (Lipinski definition) is 0. The van der Waals surface area contributed by atoms with Crippen LogP contribution in [0.5, 0.6) is 0 Å². The lowest BCUT2D eigenvalue weighted by Gasteiger charge is -2.57. The minimum atomic E-state index is -0.248. The van der Waals surface area contributed by atoms with E-state index >= 15 is 0 Å². The summed E-state index contributed by atoms with van der Waals surface area (Å²) in [6.07, 6.45) is 11.2. The van der Waals surface area contributed by atoms with Crippen molar-refractivity contribution in [2.45, 2.75) is 65.2 Å². The third kappa shape index (κ3) is 1.77. The molecule has 114 valence electrons. The first-order chi connectivity index (χ1) is 9.94. The predicted molar refractivity (Wildman–Crippen MR) is 81.7 cm³/mol. The SMILES string of the molecule is C[C@@]12CCC[C@H]1[C@@H]1CCC3=CC(=O)C(=O)C[C@]3(C)[C@H]1CC2. The van der Waals surface area contributed by atoms with E-state index in [4.69, 9.17) is 0 Å². The van der Waals surface area contributed by atoms with Crippen LogP contribution in [0.25, 0.3) is 0 Å². The van der Waals surface area contributed by atoms with Gasteiger partial charge in [0.1, 0.15) is 0 Å². The molecule has 4 rings (SSSR count). The molecule has 0 saturated heterocycles. The van der Waals surface area contributed by atoms with E-state index in [1.807, 2.05) is 0 Å². The molecule has 0 aliphatic heterocycles. The first-order valence-electron chi connectivity index (χ1n) is 8.72. The summed E-state index contributed by atoms with van der Waals surface area (Å²) < 4.78 is 0. The van der Waals surface area contributed by atoms with Crippen molar-refractivity contribution in [2.24, 2.45) is 28.6 Å². The van der Waals surface area contributed by atoms with Crippen molar-refractivity contribution in [3.63, 3.8) is 0 Å². The molecule has 0 spiro atoms. The molecule has 0 aromatic rings. The van der Waals surface area contributed by atoms with Gasteiger partial charge in [-0.15, -0.1) is 0 Å². The Balaban J connectivity index is 1.72. The molecule has 4 aliphatic rings. The molecule has 0 aromatic heterocycles. The minimum absolute atomic E-state index is 0.0160. The lowest BCUT2D eigenvalue weighted by molar-refractivity contribution is -0.138. The van der Waals surface area contributed by atoms with Crippen molar-refractivity contribution in [2.75, 3.05) is 0 Å². The maximum Gasteiger partial charge on any atom is 0.221 e. The summed E-state index contributed by atoms with van der Waals surface area (Å²) in [5.41, 5.74) is 1.83. The van der Waals surface area contributed by atoms with Crippen LogP contribution in [-0.4, -0.2) is 11.6 Å². The number of rotatable bonds is 0. The number of allylic oxidation sites excluding steroid dienone is 1. The highest BCUT2D eigenvalue weighted by atomic mass is 16.2. The smallest absolute Gasteiger partial charge is 0.221 e. The monoisotopic (exact) mass is 286 g/mol. The van der Waals surface area contributed by atoms with E-state index < -0.39 is 0 Å². The van der Waals surface area contributed by atoms with Crippen LogP contribution in [0.15, 0.2) is 11.6 Å². The average Bonchev–Trinajstić information content (AvgIpc) is 2.82. The molecule has 0 radical (unpaired) electrons. The number of carbonyl (C=O) groups excluding carboxylic acids is 2. The van der Waals surface area contributed by atoms with Crippen LogP contribution in [0.4, 0.5) is 0 Å². The van der Waals surface area contributed by atoms with E-state index in [0.717, 1.165) is 18.3 Å². The van der Waals surface area contributed by atoms with Gasteiger partial charge in [0.25, 0.3) is 0 Å². The Kier molecular flexibility index (Phi) is 2.81. The van der Waals surface area contributed by atoms with Crippen molar-refractivity contribution in [1.29, 1.82) is 0 Å². The van der Waals surface area contributed by atoms with Crippen LogP contribution in [0.3, 0.4) is 0 Å². The summed E-state index contributed by atoms with van der Waals surface area (Å²) in [7, 11) is 0. The first-order valence-corrected chi connectivity index (χ1v) is 8.72. The minimum Gasteiger partial charge on any atom is -0.290 e. The molecule has 5 atom stereocenters. The zero-order valence-electron chi connectivity index (χ0n) is 13.3. The highest BCUT2D eigenvalue weighted by Gasteiger charge is 2.57. The quantitative estimate of drug-likeness (QED) is 0.629. The van der Waals surface area contributed by atoms with Crippen LogP contribution >= 0.6 is 0 Å². The second-order valence-corrected chi connectivity index (χ2v) is 8.55. The van der Waals surface area contributed by atoms with Gasteiger partial charge in [0.05, 0.1) is 0 Å². The Morgan fingerprint density at radius 2 is 1.86 bits per heavy atom. The molecule has 21 heavy (non-hydrogen) atoms. The fourth-order valence-corrected chi connectivity index (χ4v) is 6.46. The Bertz CT molecular complexity index is 546. The predicted octanol–water partition coefficient (Wildman–Crippen LogP) is 4.09. The number of hydrogen-bond acceptors (Lipinski definition) is 2. The van der Waals surface area contributed by atoms with Crippen molar-refractivity contribution >= 4 is 11.6 Å². The van der Waals surface area contributed by atoms with E-state index in [1.54, 1.807) is 6.08 Å². The van der Waals surface area contributed by atoms with Gasteiger partial charge in [-0.25, -0.2) is 0 Å². The number of carbonyl (C=O) groups is 2. The van der Waals surface area contributed by atoms with Gasteiger partial charge in [-0.1, -0.05) is 25.8 Å². The summed E-state index contributed by atoms with van der Waals surface area (Å²) in [4.78, 5) is 23.8. The van der Waals surface area contributed by atoms with Crippen molar-refractivity contribution in [3.8, 4) is 0 Å². The van der Waals surface area contributed by atoms with E-state index in [9.17, 15) is 9.59 Å². The third-order valence-corrected chi connectivity index (χ3v) is 7.63. The second kappa shape index (κ2) is 4.30. The normalized spacial score (nSPS) is 49.2. The Morgan fingerprint density at radius 1 is 1.05 bits per heavy atom. The summed E-state index contributed by atoms with van der Waals surface area (Å²) in [6.45, 7) is 4.78. The van der Waals surface area contributed by atoms with Gasteiger partial charge < -0.3 is 0 Å². The van der Waals surface area contributed by atoms with Crippen molar-refractivity contribution in [3.05, 3.63) is 11.6 Å². The molecule has 2 heteroatoms. The molecule has 0 bridgehead atoms. The van der Waals surface area contributed by atoms with Crippen LogP contribution in [0.2, 0.25) is 0 Å². The fourth-order valence-electron chi connectivity index (χ4n) is 6.46. The summed E-state index contributed by atoms with van der Waals surface area (Å²) in [6, 6.07) is 0. The van der Waals surface area contributed by atoms with Gasteiger partial charge in [0.15, 0.2) is 0 Å². The van der Waals surface area contributed by atoms with Crippen molar-refractivity contribution in [1.82, 2.24) is 0 Å². The van der Waals surface area contributed by atoms with Gasteiger partial charge in [-0.2, -0.15) is 0 Å². The molecule has 0 heterocycles. The first kappa shape index (κ1) is 13.7. The second-order valence-electron chi connectivity index (χ2n) is 8.55. The third-order valence-electron chi connectivity index (χ3n) is 7.63. The number of fused-ring (bicyclic) bond motifs is 5. The number of ketones is 2. The number of Topliss-reactive ketones (excluding diaryl/α,β-unsaturated/α-hetero) is 1. The van der Waals surface area contributed by atoms with E-state index in [0.29, 0.717) is 17.8 Å². The Hall–Kier alpha value is -0.920. The molecule has 3 fully saturated rings. The van der Waals surface area contributed by atoms with Crippen molar-refractivity contribution < 1.29 is 9.59 Å². The zero-order valence-corrected chi connectivity index (χ0v) is 13.3.